The molecule has 2 aromatic carbocycles. The van der Waals surface area contributed by atoms with Crippen molar-refractivity contribution in [2.75, 3.05) is 37.7 Å². The standard InChI is InChI=1S/C21H25F3N4O/c22-21(23,24)19-14-18(28-10-12-29-13-11-28)7-6-17(19)15-27-20(25)26-9-8-16-4-2-1-3-5-16/h1-7,14H,8-13,15H2,(H3,25,26,27). The Balaban J connectivity index is 1.64. The fraction of sp³-hybridized carbons (Fsp3) is 0.381. The molecule has 1 fully saturated rings. The summed E-state index contributed by atoms with van der Waals surface area (Å²) in [5.41, 5.74) is 6.94. The summed E-state index contributed by atoms with van der Waals surface area (Å²) < 4.78 is 46.0. The number of hydrogen-bond donors (Lipinski definition) is 2. The fourth-order valence-corrected chi connectivity index (χ4v) is 3.19. The molecule has 1 aliphatic rings. The highest BCUT2D eigenvalue weighted by Gasteiger charge is 2.34. The summed E-state index contributed by atoms with van der Waals surface area (Å²) >= 11 is 0. The molecule has 0 spiro atoms. The molecule has 2 aromatic rings. The number of anilines is 1. The minimum atomic E-state index is -4.46. The van der Waals surface area contributed by atoms with Gasteiger partial charge in [0.1, 0.15) is 0 Å². The fourth-order valence-electron chi connectivity index (χ4n) is 3.19. The Bertz CT molecular complexity index is 818. The zero-order valence-corrected chi connectivity index (χ0v) is 16.1. The maximum atomic E-state index is 13.6. The second kappa shape index (κ2) is 9.65. The number of guanidine groups is 1. The Kier molecular flexibility index (Phi) is 6.98. The van der Waals surface area contributed by atoms with E-state index in [0.29, 0.717) is 38.5 Å². The van der Waals surface area contributed by atoms with Gasteiger partial charge in [-0.3, -0.25) is 0 Å². The number of benzene rings is 2. The van der Waals surface area contributed by atoms with E-state index in [9.17, 15) is 13.2 Å². The smallest absolute Gasteiger partial charge is 0.378 e. The first-order valence-corrected chi connectivity index (χ1v) is 9.54. The lowest BCUT2D eigenvalue weighted by molar-refractivity contribution is -0.138. The first-order chi connectivity index (χ1) is 13.9. The lowest BCUT2D eigenvalue weighted by Crippen LogP contribution is -2.36. The normalized spacial score (nSPS) is 15.4. The molecule has 0 amide bonds. The molecule has 29 heavy (non-hydrogen) atoms. The highest BCUT2D eigenvalue weighted by molar-refractivity contribution is 5.77. The molecule has 1 aliphatic heterocycles. The Morgan fingerprint density at radius 3 is 2.52 bits per heavy atom. The van der Waals surface area contributed by atoms with Crippen LogP contribution in [0.2, 0.25) is 0 Å². The van der Waals surface area contributed by atoms with Gasteiger partial charge in [-0.15, -0.1) is 0 Å². The summed E-state index contributed by atoms with van der Waals surface area (Å²) in [5, 5.41) is 2.95. The Morgan fingerprint density at radius 1 is 1.10 bits per heavy atom. The van der Waals surface area contributed by atoms with Crippen LogP contribution >= 0.6 is 0 Å². The minimum absolute atomic E-state index is 0.0994. The summed E-state index contributed by atoms with van der Waals surface area (Å²) in [7, 11) is 0. The molecule has 3 N–H and O–H groups in total. The van der Waals surface area contributed by atoms with Crippen molar-refractivity contribution in [1.82, 2.24) is 5.32 Å². The number of aliphatic imine (C=N–C) groups is 1. The van der Waals surface area contributed by atoms with Gasteiger partial charge in [-0.05, 0) is 29.7 Å². The van der Waals surface area contributed by atoms with E-state index in [2.05, 4.69) is 10.3 Å². The van der Waals surface area contributed by atoms with E-state index in [1.807, 2.05) is 35.2 Å². The van der Waals surface area contributed by atoms with Crippen LogP contribution in [0.15, 0.2) is 53.5 Å². The second-order valence-corrected chi connectivity index (χ2v) is 6.80. The molecule has 0 bridgehead atoms. The second-order valence-electron chi connectivity index (χ2n) is 6.80. The van der Waals surface area contributed by atoms with Crippen LogP contribution in [0, 0.1) is 0 Å². The maximum Gasteiger partial charge on any atom is 0.416 e. The zero-order valence-electron chi connectivity index (χ0n) is 16.1. The van der Waals surface area contributed by atoms with Gasteiger partial charge in [-0.25, -0.2) is 4.99 Å². The number of hydrogen-bond acceptors (Lipinski definition) is 3. The molecule has 0 radical (unpaired) electrons. The van der Waals surface area contributed by atoms with Crippen LogP contribution < -0.4 is 16.0 Å². The number of morpholine rings is 1. The third-order valence-electron chi connectivity index (χ3n) is 4.76. The zero-order chi connectivity index (χ0) is 20.7. The highest BCUT2D eigenvalue weighted by atomic mass is 19.4. The molecular weight excluding hydrogens is 381 g/mol. The Morgan fingerprint density at radius 2 is 1.83 bits per heavy atom. The minimum Gasteiger partial charge on any atom is -0.378 e. The summed E-state index contributed by atoms with van der Waals surface area (Å²) in [5.74, 6) is 0.131. The van der Waals surface area contributed by atoms with Gasteiger partial charge >= 0.3 is 6.18 Å². The number of ether oxygens (including phenoxy) is 1. The van der Waals surface area contributed by atoms with Crippen molar-refractivity contribution in [2.24, 2.45) is 10.7 Å². The summed E-state index contributed by atoms with van der Waals surface area (Å²) in [6.45, 7) is 2.60. The average molecular weight is 406 g/mol. The Labute approximate surface area is 168 Å². The van der Waals surface area contributed by atoms with E-state index in [1.54, 1.807) is 6.07 Å². The molecule has 1 saturated heterocycles. The highest BCUT2D eigenvalue weighted by Crippen LogP contribution is 2.35. The van der Waals surface area contributed by atoms with Crippen LogP contribution in [-0.4, -0.2) is 38.8 Å². The van der Waals surface area contributed by atoms with E-state index < -0.39 is 11.7 Å². The van der Waals surface area contributed by atoms with Crippen molar-refractivity contribution in [2.45, 2.75) is 19.1 Å². The number of alkyl halides is 3. The molecule has 5 nitrogen and oxygen atoms in total. The van der Waals surface area contributed by atoms with E-state index in [-0.39, 0.29) is 18.1 Å². The first kappa shape index (κ1) is 21.0. The molecule has 1 heterocycles. The van der Waals surface area contributed by atoms with Gasteiger partial charge in [-0.1, -0.05) is 36.4 Å². The number of halogens is 3. The molecule has 0 saturated carbocycles. The number of nitrogens with zero attached hydrogens (tertiary/aromatic N) is 2. The number of nitrogens with one attached hydrogen (secondary N) is 1. The molecule has 3 rings (SSSR count). The van der Waals surface area contributed by atoms with Crippen LogP contribution in [0.3, 0.4) is 0 Å². The van der Waals surface area contributed by atoms with Gasteiger partial charge in [0, 0.05) is 25.3 Å². The van der Waals surface area contributed by atoms with E-state index in [0.717, 1.165) is 12.0 Å². The van der Waals surface area contributed by atoms with E-state index in [4.69, 9.17) is 10.5 Å². The quantitative estimate of drug-likeness (QED) is 0.571. The molecular formula is C21H25F3N4O. The Hall–Kier alpha value is -2.74. The third kappa shape index (κ3) is 6.12. The number of rotatable bonds is 6. The topological polar surface area (TPSA) is 62.9 Å². The van der Waals surface area contributed by atoms with Gasteiger partial charge in [0.05, 0.1) is 25.3 Å². The van der Waals surface area contributed by atoms with Crippen LogP contribution in [-0.2, 0) is 23.9 Å². The van der Waals surface area contributed by atoms with Crippen molar-refractivity contribution in [3.8, 4) is 0 Å². The van der Waals surface area contributed by atoms with Gasteiger partial charge in [0.25, 0.3) is 0 Å². The van der Waals surface area contributed by atoms with Crippen molar-refractivity contribution < 1.29 is 17.9 Å². The van der Waals surface area contributed by atoms with Gasteiger partial charge in [0.15, 0.2) is 5.96 Å². The number of nitrogens with two attached hydrogens (primary N) is 1. The van der Waals surface area contributed by atoms with E-state index in [1.165, 1.54) is 12.1 Å². The van der Waals surface area contributed by atoms with E-state index >= 15 is 0 Å². The van der Waals surface area contributed by atoms with Crippen molar-refractivity contribution in [3.63, 3.8) is 0 Å². The van der Waals surface area contributed by atoms with Crippen molar-refractivity contribution in [1.29, 1.82) is 0 Å². The van der Waals surface area contributed by atoms with Crippen LogP contribution in [0.5, 0.6) is 0 Å². The molecule has 0 atom stereocenters. The van der Waals surface area contributed by atoms with Crippen LogP contribution in [0.1, 0.15) is 16.7 Å². The third-order valence-corrected chi connectivity index (χ3v) is 4.76. The van der Waals surface area contributed by atoms with Gasteiger partial charge in [0.2, 0.25) is 0 Å². The van der Waals surface area contributed by atoms with Crippen molar-refractivity contribution in [3.05, 3.63) is 65.2 Å². The first-order valence-electron chi connectivity index (χ1n) is 9.54. The van der Waals surface area contributed by atoms with Crippen LogP contribution in [0.25, 0.3) is 0 Å². The largest absolute Gasteiger partial charge is 0.416 e. The molecule has 0 unspecified atom stereocenters. The van der Waals surface area contributed by atoms with Crippen molar-refractivity contribution >= 4 is 11.6 Å². The summed E-state index contributed by atoms with van der Waals surface area (Å²) in [4.78, 5) is 5.99. The molecule has 8 heteroatoms. The van der Waals surface area contributed by atoms with Gasteiger partial charge in [-0.2, -0.15) is 13.2 Å². The predicted octanol–water partition coefficient (Wildman–Crippen LogP) is 3.19. The molecule has 0 aromatic heterocycles. The lowest BCUT2D eigenvalue weighted by Gasteiger charge is -2.29. The predicted molar refractivity (Wildman–Crippen MR) is 108 cm³/mol. The monoisotopic (exact) mass is 406 g/mol. The summed E-state index contributed by atoms with van der Waals surface area (Å²) in [6, 6.07) is 14.2. The summed E-state index contributed by atoms with van der Waals surface area (Å²) in [6.07, 6.45) is -3.71. The SMILES string of the molecule is NC(=NCc1ccc(N2CCOCC2)cc1C(F)(F)F)NCCc1ccccc1. The lowest BCUT2D eigenvalue weighted by atomic mass is 10.1. The maximum absolute atomic E-state index is 13.6. The molecule has 0 aliphatic carbocycles. The van der Waals surface area contributed by atoms with Gasteiger partial charge < -0.3 is 20.7 Å². The average Bonchev–Trinajstić information content (AvgIpc) is 2.73. The molecule has 156 valence electrons. The van der Waals surface area contributed by atoms with Crippen LogP contribution in [0.4, 0.5) is 18.9 Å².